The van der Waals surface area contributed by atoms with Crippen molar-refractivity contribution in [1.82, 2.24) is 5.43 Å². The van der Waals surface area contributed by atoms with Gasteiger partial charge in [0.25, 0.3) is 0 Å². The fraction of sp³-hybridized carbons (Fsp3) is 0.200. The van der Waals surface area contributed by atoms with Gasteiger partial charge < -0.3 is 0 Å². The summed E-state index contributed by atoms with van der Waals surface area (Å²) in [6, 6.07) is 8.55. The molecule has 106 valence electrons. The molecule has 2 nitrogen and oxygen atoms in total. The van der Waals surface area contributed by atoms with Gasteiger partial charge in [0.1, 0.15) is 11.6 Å². The van der Waals surface area contributed by atoms with Crippen LogP contribution in [0.5, 0.6) is 0 Å². The van der Waals surface area contributed by atoms with Crippen LogP contribution in [-0.4, -0.2) is 0 Å². The molecular formula is C15H15ClF2N2. The van der Waals surface area contributed by atoms with Gasteiger partial charge in [0, 0.05) is 5.02 Å². The molecular weight excluding hydrogens is 282 g/mol. The van der Waals surface area contributed by atoms with E-state index < -0.39 is 0 Å². The Kier molecular flexibility index (Phi) is 4.70. The lowest BCUT2D eigenvalue weighted by atomic mass is 9.95. The third-order valence-corrected chi connectivity index (χ3v) is 3.60. The average molecular weight is 297 g/mol. The van der Waals surface area contributed by atoms with Crippen molar-refractivity contribution in [3.05, 3.63) is 69.7 Å². The van der Waals surface area contributed by atoms with Crippen LogP contribution in [0.4, 0.5) is 8.78 Å². The third-order valence-electron chi connectivity index (χ3n) is 3.25. The Balaban J connectivity index is 2.28. The molecule has 0 fully saturated rings. The Hall–Kier alpha value is -1.49. The lowest BCUT2D eigenvalue weighted by Gasteiger charge is -2.19. The largest absolute Gasteiger partial charge is 0.271 e. The topological polar surface area (TPSA) is 38.0 Å². The summed E-state index contributed by atoms with van der Waals surface area (Å²) in [5, 5.41) is 0.352. The zero-order chi connectivity index (χ0) is 14.7. The first kappa shape index (κ1) is 14.9. The maximum Gasteiger partial charge on any atom is 0.124 e. The molecule has 5 heteroatoms. The van der Waals surface area contributed by atoms with Gasteiger partial charge in [-0.05, 0) is 54.3 Å². The third kappa shape index (κ3) is 3.33. The fourth-order valence-corrected chi connectivity index (χ4v) is 2.44. The molecule has 1 atom stereocenters. The predicted molar refractivity (Wildman–Crippen MR) is 76.3 cm³/mol. The van der Waals surface area contributed by atoms with Crippen LogP contribution in [0.3, 0.4) is 0 Å². The van der Waals surface area contributed by atoms with Crippen molar-refractivity contribution in [3.63, 3.8) is 0 Å². The van der Waals surface area contributed by atoms with E-state index in [1.54, 1.807) is 12.1 Å². The summed E-state index contributed by atoms with van der Waals surface area (Å²) >= 11 is 6.01. The maximum absolute atomic E-state index is 13.1. The Morgan fingerprint density at radius 2 is 1.80 bits per heavy atom. The van der Waals surface area contributed by atoms with Crippen molar-refractivity contribution in [1.29, 1.82) is 0 Å². The summed E-state index contributed by atoms with van der Waals surface area (Å²) in [6.07, 6.45) is 0.488. The summed E-state index contributed by atoms with van der Waals surface area (Å²) in [6.45, 7) is 1.81. The summed E-state index contributed by atoms with van der Waals surface area (Å²) in [5.74, 6) is 4.91. The molecule has 0 radical (unpaired) electrons. The lowest BCUT2D eigenvalue weighted by Crippen LogP contribution is -2.30. The van der Waals surface area contributed by atoms with Crippen molar-refractivity contribution in [2.45, 2.75) is 19.4 Å². The second-order valence-corrected chi connectivity index (χ2v) is 5.07. The molecule has 1 unspecified atom stereocenters. The number of hydrogen-bond donors (Lipinski definition) is 2. The van der Waals surface area contributed by atoms with Crippen molar-refractivity contribution in [2.24, 2.45) is 5.84 Å². The van der Waals surface area contributed by atoms with E-state index in [9.17, 15) is 8.78 Å². The van der Waals surface area contributed by atoms with E-state index in [-0.39, 0.29) is 17.7 Å². The van der Waals surface area contributed by atoms with Gasteiger partial charge in [-0.25, -0.2) is 8.78 Å². The quantitative estimate of drug-likeness (QED) is 0.667. The van der Waals surface area contributed by atoms with E-state index in [1.165, 1.54) is 24.3 Å². The van der Waals surface area contributed by atoms with Crippen LogP contribution in [0.25, 0.3) is 0 Å². The first-order valence-electron chi connectivity index (χ1n) is 6.17. The highest BCUT2D eigenvalue weighted by Crippen LogP contribution is 2.26. The number of aryl methyl sites for hydroxylation is 1. The van der Waals surface area contributed by atoms with Crippen molar-refractivity contribution in [2.75, 3.05) is 0 Å². The minimum absolute atomic E-state index is 0.224. The van der Waals surface area contributed by atoms with Gasteiger partial charge in [-0.15, -0.1) is 0 Å². The predicted octanol–water partition coefficient (Wildman–Crippen LogP) is 3.67. The number of nitrogens with two attached hydrogens (primary N) is 1. The lowest BCUT2D eigenvalue weighted by molar-refractivity contribution is 0.545. The molecule has 0 spiro atoms. The first-order valence-corrected chi connectivity index (χ1v) is 6.55. The van der Waals surface area contributed by atoms with Crippen molar-refractivity contribution >= 4 is 11.6 Å². The van der Waals surface area contributed by atoms with E-state index in [0.717, 1.165) is 16.7 Å². The van der Waals surface area contributed by atoms with E-state index >= 15 is 0 Å². The summed E-state index contributed by atoms with van der Waals surface area (Å²) in [4.78, 5) is 0. The maximum atomic E-state index is 13.1. The monoisotopic (exact) mass is 296 g/mol. The van der Waals surface area contributed by atoms with E-state index in [4.69, 9.17) is 17.4 Å². The molecule has 2 aromatic rings. The Labute approximate surface area is 121 Å². The minimum Gasteiger partial charge on any atom is -0.271 e. The molecule has 0 aliphatic heterocycles. The van der Waals surface area contributed by atoms with E-state index in [0.29, 0.717) is 11.4 Å². The van der Waals surface area contributed by atoms with Crippen LogP contribution in [0.2, 0.25) is 5.02 Å². The first-order chi connectivity index (χ1) is 9.51. The molecule has 0 amide bonds. The highest BCUT2D eigenvalue weighted by atomic mass is 35.5. The smallest absolute Gasteiger partial charge is 0.124 e. The van der Waals surface area contributed by atoms with E-state index in [2.05, 4.69) is 5.43 Å². The SMILES string of the molecule is Cc1cc(F)ccc1C(Cc1ccc(F)cc1Cl)NN. The summed E-state index contributed by atoms with van der Waals surface area (Å²) in [7, 11) is 0. The molecule has 2 rings (SSSR count). The summed E-state index contributed by atoms with van der Waals surface area (Å²) in [5.41, 5.74) is 5.15. The van der Waals surface area contributed by atoms with Crippen LogP contribution in [0, 0.1) is 18.6 Å². The standard InChI is InChI=1S/C15H15ClF2N2/c1-9-6-11(17)4-5-13(9)15(20-19)7-10-2-3-12(18)8-14(10)16/h2-6,8,15,20H,7,19H2,1H3. The molecule has 0 aliphatic carbocycles. The Morgan fingerprint density at radius 3 is 2.40 bits per heavy atom. The Morgan fingerprint density at radius 1 is 1.15 bits per heavy atom. The number of rotatable bonds is 4. The van der Waals surface area contributed by atoms with Gasteiger partial charge in [0.05, 0.1) is 6.04 Å². The molecule has 3 N–H and O–H groups in total. The average Bonchev–Trinajstić information content (AvgIpc) is 2.39. The number of halogens is 3. The van der Waals surface area contributed by atoms with Crippen molar-refractivity contribution < 1.29 is 8.78 Å². The van der Waals surface area contributed by atoms with Gasteiger partial charge >= 0.3 is 0 Å². The minimum atomic E-state index is -0.381. The number of hydrazine groups is 1. The molecule has 0 aromatic heterocycles. The zero-order valence-corrected chi connectivity index (χ0v) is 11.7. The van der Waals surface area contributed by atoms with E-state index in [1.807, 2.05) is 6.92 Å². The second-order valence-electron chi connectivity index (χ2n) is 4.66. The molecule has 0 aliphatic rings. The highest BCUT2D eigenvalue weighted by Gasteiger charge is 2.15. The van der Waals surface area contributed by atoms with Gasteiger partial charge in [-0.2, -0.15) is 0 Å². The van der Waals surface area contributed by atoms with Crippen molar-refractivity contribution in [3.8, 4) is 0 Å². The fourth-order valence-electron chi connectivity index (χ4n) is 2.20. The van der Waals surface area contributed by atoms with Gasteiger partial charge in [0.2, 0.25) is 0 Å². The highest BCUT2D eigenvalue weighted by molar-refractivity contribution is 6.31. The van der Waals surface area contributed by atoms with Crippen LogP contribution < -0.4 is 11.3 Å². The van der Waals surface area contributed by atoms with Crippen LogP contribution in [0.15, 0.2) is 36.4 Å². The molecule has 0 heterocycles. The zero-order valence-electron chi connectivity index (χ0n) is 11.0. The van der Waals surface area contributed by atoms with Crippen LogP contribution in [0.1, 0.15) is 22.7 Å². The molecule has 20 heavy (non-hydrogen) atoms. The number of benzene rings is 2. The number of nitrogens with one attached hydrogen (secondary N) is 1. The Bertz CT molecular complexity index is 617. The second kappa shape index (κ2) is 6.31. The molecule has 0 saturated heterocycles. The summed E-state index contributed by atoms with van der Waals surface area (Å²) < 4.78 is 26.2. The molecule has 0 saturated carbocycles. The molecule has 2 aromatic carbocycles. The van der Waals surface area contributed by atoms with Gasteiger partial charge in [-0.1, -0.05) is 23.7 Å². The van der Waals surface area contributed by atoms with Crippen LogP contribution >= 0.6 is 11.6 Å². The molecule has 0 bridgehead atoms. The van der Waals surface area contributed by atoms with Gasteiger partial charge in [0.15, 0.2) is 0 Å². The van der Waals surface area contributed by atoms with Crippen LogP contribution in [-0.2, 0) is 6.42 Å². The van der Waals surface area contributed by atoms with Gasteiger partial charge in [-0.3, -0.25) is 11.3 Å². The number of hydrogen-bond acceptors (Lipinski definition) is 2. The normalized spacial score (nSPS) is 12.4.